The van der Waals surface area contributed by atoms with Gasteiger partial charge >= 0.3 is 6.03 Å². The van der Waals surface area contributed by atoms with E-state index in [2.05, 4.69) is 56.8 Å². The van der Waals surface area contributed by atoms with Crippen LogP contribution in [0.1, 0.15) is 19.4 Å². The van der Waals surface area contributed by atoms with Gasteiger partial charge in [-0.25, -0.2) is 9.78 Å². The second-order valence-corrected chi connectivity index (χ2v) is 6.90. The summed E-state index contributed by atoms with van der Waals surface area (Å²) in [4.78, 5) is 18.6. The molecular weight excluding hydrogens is 316 g/mol. The lowest BCUT2D eigenvalue weighted by Gasteiger charge is -2.20. The predicted molar refractivity (Wildman–Crippen MR) is 95.8 cm³/mol. The van der Waals surface area contributed by atoms with Crippen molar-refractivity contribution in [2.24, 2.45) is 5.92 Å². The lowest BCUT2D eigenvalue weighted by Crippen LogP contribution is -2.48. The highest BCUT2D eigenvalue weighted by atomic mass is 16.2. The Morgan fingerprint density at radius 3 is 2.84 bits per heavy atom. The average Bonchev–Trinajstić information content (AvgIpc) is 3.18. The zero-order valence-corrected chi connectivity index (χ0v) is 14.8. The van der Waals surface area contributed by atoms with Crippen molar-refractivity contribution in [2.75, 3.05) is 13.1 Å². The Bertz CT molecular complexity index is 659. The number of urea groups is 1. The average molecular weight is 342 g/mol. The molecule has 7 heteroatoms. The number of benzene rings is 1. The van der Waals surface area contributed by atoms with E-state index in [9.17, 15) is 4.79 Å². The van der Waals surface area contributed by atoms with E-state index in [0.29, 0.717) is 12.5 Å². The molecule has 1 aliphatic heterocycles. The van der Waals surface area contributed by atoms with Gasteiger partial charge in [-0.2, -0.15) is 5.10 Å². The van der Waals surface area contributed by atoms with Gasteiger partial charge in [0.25, 0.3) is 0 Å². The molecule has 3 rings (SSSR count). The lowest BCUT2D eigenvalue weighted by atomic mass is 10.1. The van der Waals surface area contributed by atoms with Gasteiger partial charge in [0.15, 0.2) is 0 Å². The Morgan fingerprint density at radius 2 is 2.12 bits per heavy atom. The molecule has 1 aromatic heterocycles. The molecule has 0 saturated carbocycles. The summed E-state index contributed by atoms with van der Waals surface area (Å²) >= 11 is 0. The summed E-state index contributed by atoms with van der Waals surface area (Å²) in [7, 11) is 0. The molecule has 2 N–H and O–H groups in total. The first kappa shape index (κ1) is 17.4. The van der Waals surface area contributed by atoms with E-state index in [-0.39, 0.29) is 18.1 Å². The molecule has 0 radical (unpaired) electrons. The summed E-state index contributed by atoms with van der Waals surface area (Å²) in [5, 5.41) is 10.1. The van der Waals surface area contributed by atoms with Crippen LogP contribution in [0.4, 0.5) is 4.79 Å². The van der Waals surface area contributed by atoms with E-state index < -0.39 is 0 Å². The molecule has 1 aliphatic rings. The number of amides is 2. The third-order valence-corrected chi connectivity index (χ3v) is 4.56. The predicted octanol–water partition coefficient (Wildman–Crippen LogP) is 1.49. The number of hydrogen-bond donors (Lipinski definition) is 2. The molecule has 1 saturated heterocycles. The van der Waals surface area contributed by atoms with Gasteiger partial charge in [0, 0.05) is 31.7 Å². The minimum Gasteiger partial charge on any atom is -0.334 e. The van der Waals surface area contributed by atoms with Crippen LogP contribution >= 0.6 is 0 Å². The fourth-order valence-corrected chi connectivity index (χ4v) is 3.31. The summed E-state index contributed by atoms with van der Waals surface area (Å²) < 4.78 is 1.71. The molecule has 7 nitrogen and oxygen atoms in total. The molecule has 3 atom stereocenters. The van der Waals surface area contributed by atoms with E-state index in [1.807, 2.05) is 13.0 Å². The van der Waals surface area contributed by atoms with Gasteiger partial charge in [-0.05, 0) is 18.4 Å². The number of aromatic nitrogens is 3. The Kier molecular flexibility index (Phi) is 5.65. The van der Waals surface area contributed by atoms with Crippen molar-refractivity contribution in [2.45, 2.75) is 39.0 Å². The topological polar surface area (TPSA) is 75.1 Å². The van der Waals surface area contributed by atoms with Gasteiger partial charge in [-0.1, -0.05) is 37.3 Å². The van der Waals surface area contributed by atoms with Crippen molar-refractivity contribution >= 4 is 6.03 Å². The van der Waals surface area contributed by atoms with Crippen molar-refractivity contribution in [3.8, 4) is 0 Å². The molecule has 1 fully saturated rings. The van der Waals surface area contributed by atoms with Crippen LogP contribution in [0.25, 0.3) is 0 Å². The van der Waals surface area contributed by atoms with Gasteiger partial charge in [0.1, 0.15) is 12.7 Å². The lowest BCUT2D eigenvalue weighted by molar-refractivity contribution is 0.230. The quantitative estimate of drug-likeness (QED) is 0.834. The van der Waals surface area contributed by atoms with Crippen LogP contribution in [0, 0.1) is 5.92 Å². The van der Waals surface area contributed by atoms with Crippen molar-refractivity contribution < 1.29 is 4.79 Å². The summed E-state index contributed by atoms with van der Waals surface area (Å²) in [6.45, 7) is 7.55. The maximum Gasteiger partial charge on any atom is 0.315 e. The minimum atomic E-state index is -0.119. The van der Waals surface area contributed by atoms with Crippen LogP contribution in [-0.4, -0.2) is 50.9 Å². The normalized spacial score (nSPS) is 21.8. The summed E-state index contributed by atoms with van der Waals surface area (Å²) in [6, 6.07) is 10.5. The second-order valence-electron chi connectivity index (χ2n) is 6.90. The highest BCUT2D eigenvalue weighted by Gasteiger charge is 2.30. The maximum atomic E-state index is 12.3. The molecule has 3 unspecified atom stereocenters. The van der Waals surface area contributed by atoms with E-state index in [0.717, 1.165) is 19.6 Å². The first-order valence-corrected chi connectivity index (χ1v) is 8.76. The van der Waals surface area contributed by atoms with Crippen molar-refractivity contribution in [1.82, 2.24) is 30.3 Å². The number of nitrogens with zero attached hydrogens (tertiary/aromatic N) is 4. The fraction of sp³-hybridized carbons (Fsp3) is 0.500. The van der Waals surface area contributed by atoms with Crippen LogP contribution < -0.4 is 10.6 Å². The molecule has 0 spiro atoms. The van der Waals surface area contributed by atoms with Gasteiger partial charge < -0.3 is 10.6 Å². The van der Waals surface area contributed by atoms with Gasteiger partial charge in [0.05, 0.1) is 6.54 Å². The SMILES string of the molecule is CC(Cn1cncn1)NC(=O)NC1CN(Cc2ccccc2)CC1C. The largest absolute Gasteiger partial charge is 0.334 e. The van der Waals surface area contributed by atoms with E-state index in [4.69, 9.17) is 0 Å². The molecule has 1 aromatic carbocycles. The molecule has 0 bridgehead atoms. The van der Waals surface area contributed by atoms with E-state index in [1.165, 1.54) is 11.9 Å². The first-order chi connectivity index (χ1) is 12.1. The van der Waals surface area contributed by atoms with Crippen LogP contribution in [0.3, 0.4) is 0 Å². The highest BCUT2D eigenvalue weighted by molar-refractivity contribution is 5.74. The number of carbonyl (C=O) groups excluding carboxylic acids is 1. The fourth-order valence-electron chi connectivity index (χ4n) is 3.31. The number of likely N-dealkylation sites (tertiary alicyclic amines) is 1. The zero-order chi connectivity index (χ0) is 17.6. The number of carbonyl (C=O) groups is 1. The Balaban J connectivity index is 1.45. The molecule has 134 valence electrons. The van der Waals surface area contributed by atoms with Crippen LogP contribution in [0.2, 0.25) is 0 Å². The summed E-state index contributed by atoms with van der Waals surface area (Å²) in [5.41, 5.74) is 1.31. The Morgan fingerprint density at radius 1 is 1.32 bits per heavy atom. The van der Waals surface area contributed by atoms with Crippen LogP contribution in [-0.2, 0) is 13.1 Å². The summed E-state index contributed by atoms with van der Waals surface area (Å²) in [5.74, 6) is 0.431. The maximum absolute atomic E-state index is 12.3. The monoisotopic (exact) mass is 342 g/mol. The number of nitrogens with one attached hydrogen (secondary N) is 2. The van der Waals surface area contributed by atoms with Crippen molar-refractivity contribution in [3.05, 3.63) is 48.5 Å². The third-order valence-electron chi connectivity index (χ3n) is 4.56. The van der Waals surface area contributed by atoms with Gasteiger partial charge in [0.2, 0.25) is 0 Å². The standard InChI is InChI=1S/C18H26N6O/c1-14-8-23(10-16-6-4-3-5-7-16)11-17(14)22-18(25)21-15(2)9-24-13-19-12-20-24/h3-7,12-15,17H,8-11H2,1-2H3,(H2,21,22,25). The van der Waals surface area contributed by atoms with Crippen molar-refractivity contribution in [3.63, 3.8) is 0 Å². The molecular formula is C18H26N6O. The summed E-state index contributed by atoms with van der Waals surface area (Å²) in [6.07, 6.45) is 3.14. The van der Waals surface area contributed by atoms with Gasteiger partial charge in [-0.15, -0.1) is 0 Å². The van der Waals surface area contributed by atoms with Crippen LogP contribution in [0.15, 0.2) is 43.0 Å². The second kappa shape index (κ2) is 8.11. The van der Waals surface area contributed by atoms with E-state index >= 15 is 0 Å². The van der Waals surface area contributed by atoms with Crippen LogP contribution in [0.5, 0.6) is 0 Å². The number of rotatable bonds is 6. The molecule has 2 heterocycles. The minimum absolute atomic E-state index is 0.0150. The van der Waals surface area contributed by atoms with E-state index in [1.54, 1.807) is 11.0 Å². The Labute approximate surface area is 148 Å². The molecule has 0 aliphatic carbocycles. The molecule has 2 aromatic rings. The zero-order valence-electron chi connectivity index (χ0n) is 14.8. The molecule has 2 amide bonds. The first-order valence-electron chi connectivity index (χ1n) is 8.76. The molecule has 25 heavy (non-hydrogen) atoms. The van der Waals surface area contributed by atoms with Gasteiger partial charge in [-0.3, -0.25) is 9.58 Å². The third kappa shape index (κ3) is 5.03. The smallest absolute Gasteiger partial charge is 0.315 e. The number of hydrogen-bond acceptors (Lipinski definition) is 4. The van der Waals surface area contributed by atoms with Crippen molar-refractivity contribution in [1.29, 1.82) is 0 Å². The Hall–Kier alpha value is -2.41. The highest BCUT2D eigenvalue weighted by Crippen LogP contribution is 2.18.